The molecule has 0 aromatic heterocycles. The van der Waals surface area contributed by atoms with E-state index < -0.39 is 18.6 Å². The third-order valence-corrected chi connectivity index (χ3v) is 1.56. The first kappa shape index (κ1) is 8.96. The van der Waals surface area contributed by atoms with Gasteiger partial charge in [-0.25, -0.2) is 0 Å². The molecule has 0 fully saturated rings. The molecule has 0 saturated heterocycles. The minimum atomic E-state index is -1.30. The molecule has 0 saturated carbocycles. The number of carbonyl (C=O) groups excluding carboxylic acids is 1. The van der Waals surface area contributed by atoms with Crippen LogP contribution >= 0.6 is 0 Å². The molecule has 0 spiro atoms. The molecule has 66 valence electrons. The van der Waals surface area contributed by atoms with Crippen LogP contribution < -0.4 is 0 Å². The van der Waals surface area contributed by atoms with Gasteiger partial charge in [-0.2, -0.15) is 0 Å². The van der Waals surface area contributed by atoms with Crippen LogP contribution in [0.5, 0.6) is 0 Å². The molecule has 1 unspecified atom stereocenters. The van der Waals surface area contributed by atoms with Crippen LogP contribution in [-0.4, -0.2) is 40.3 Å². The van der Waals surface area contributed by atoms with Crippen molar-refractivity contribution in [3.8, 4) is 0 Å². The van der Waals surface area contributed by atoms with Gasteiger partial charge in [0.05, 0.1) is 6.61 Å². The van der Waals surface area contributed by atoms with Gasteiger partial charge >= 0.3 is 0 Å². The fraction of sp³-hybridized carbons (Fsp3) is 0.375. The highest BCUT2D eigenvalue weighted by atomic mass is 16.3. The van der Waals surface area contributed by atoms with Gasteiger partial charge < -0.3 is 15.1 Å². The molecule has 0 bridgehead atoms. The van der Waals surface area contributed by atoms with Gasteiger partial charge in [0, 0.05) is 12.7 Å². The average Bonchev–Trinajstić information content (AvgIpc) is 2.17. The normalized spacial score (nSPS) is 18.0. The van der Waals surface area contributed by atoms with E-state index in [0.29, 0.717) is 6.54 Å². The zero-order valence-electron chi connectivity index (χ0n) is 6.55. The quantitative estimate of drug-likeness (QED) is 0.572. The Morgan fingerprint density at radius 3 is 2.83 bits per heavy atom. The molecule has 12 heavy (non-hydrogen) atoms. The first-order valence-corrected chi connectivity index (χ1v) is 3.68. The van der Waals surface area contributed by atoms with Crippen LogP contribution in [0.15, 0.2) is 24.4 Å². The summed E-state index contributed by atoms with van der Waals surface area (Å²) in [6.07, 6.45) is 5.57. The fourth-order valence-corrected chi connectivity index (χ4v) is 0.900. The highest BCUT2D eigenvalue weighted by Crippen LogP contribution is 2.01. The fourth-order valence-electron chi connectivity index (χ4n) is 0.900. The van der Waals surface area contributed by atoms with Crippen LogP contribution in [0.25, 0.3) is 0 Å². The molecule has 4 nitrogen and oxygen atoms in total. The molecule has 1 heterocycles. The van der Waals surface area contributed by atoms with Crippen LogP contribution in [-0.2, 0) is 4.79 Å². The Balaban J connectivity index is 2.53. The Morgan fingerprint density at radius 1 is 1.58 bits per heavy atom. The number of aliphatic hydroxyl groups excluding tert-OH is 2. The Morgan fingerprint density at radius 2 is 2.33 bits per heavy atom. The van der Waals surface area contributed by atoms with E-state index in [0.717, 1.165) is 0 Å². The summed E-state index contributed by atoms with van der Waals surface area (Å²) < 4.78 is 0. The van der Waals surface area contributed by atoms with Gasteiger partial charge in [0.2, 0.25) is 0 Å². The van der Waals surface area contributed by atoms with E-state index in [-0.39, 0.29) is 0 Å². The van der Waals surface area contributed by atoms with Gasteiger partial charge in [-0.3, -0.25) is 4.79 Å². The molecule has 1 amide bonds. The molecular formula is C8H11NO3. The minimum Gasteiger partial charge on any atom is -0.393 e. The molecule has 0 aromatic carbocycles. The van der Waals surface area contributed by atoms with Crippen molar-refractivity contribution in [1.29, 1.82) is 0 Å². The standard InChI is InChI=1S/C8H11NO3/c10-6-7(11)8(12)9-4-2-1-3-5-9/h1-4,7,10-11H,5-6H2. The van der Waals surface area contributed by atoms with E-state index in [1.807, 2.05) is 6.08 Å². The average molecular weight is 169 g/mol. The van der Waals surface area contributed by atoms with Crippen molar-refractivity contribution >= 4 is 5.91 Å². The summed E-state index contributed by atoms with van der Waals surface area (Å²) >= 11 is 0. The monoisotopic (exact) mass is 169 g/mol. The second-order valence-electron chi connectivity index (χ2n) is 2.46. The molecule has 2 N–H and O–H groups in total. The number of rotatable bonds is 2. The van der Waals surface area contributed by atoms with Crippen LogP contribution in [0, 0.1) is 0 Å². The molecule has 1 aliphatic rings. The minimum absolute atomic E-state index is 0.451. The number of aliphatic hydroxyl groups is 2. The van der Waals surface area contributed by atoms with Crippen molar-refractivity contribution in [3.63, 3.8) is 0 Å². The first-order valence-electron chi connectivity index (χ1n) is 3.68. The maximum absolute atomic E-state index is 11.2. The Hall–Kier alpha value is -1.13. The topological polar surface area (TPSA) is 60.8 Å². The molecule has 1 atom stereocenters. The number of carbonyl (C=O) groups is 1. The van der Waals surface area contributed by atoms with Crippen LogP contribution in [0.3, 0.4) is 0 Å². The van der Waals surface area contributed by atoms with Crippen molar-refractivity contribution in [2.75, 3.05) is 13.2 Å². The lowest BCUT2D eigenvalue weighted by molar-refractivity contribution is -0.138. The second kappa shape index (κ2) is 4.04. The molecular weight excluding hydrogens is 158 g/mol. The molecule has 0 aromatic rings. The van der Waals surface area contributed by atoms with Gasteiger partial charge in [0.25, 0.3) is 5.91 Å². The van der Waals surface area contributed by atoms with Crippen LogP contribution in [0.2, 0.25) is 0 Å². The summed E-state index contributed by atoms with van der Waals surface area (Å²) in [6.45, 7) is -0.0840. The highest BCUT2D eigenvalue weighted by molar-refractivity contribution is 5.82. The second-order valence-corrected chi connectivity index (χ2v) is 2.46. The summed E-state index contributed by atoms with van der Waals surface area (Å²) in [6, 6.07) is 0. The van der Waals surface area contributed by atoms with E-state index in [4.69, 9.17) is 10.2 Å². The SMILES string of the molecule is O=C(C(O)CO)N1C=CC=CC1. The van der Waals surface area contributed by atoms with Crippen molar-refractivity contribution in [3.05, 3.63) is 24.4 Å². The van der Waals surface area contributed by atoms with Crippen LogP contribution in [0.1, 0.15) is 0 Å². The zero-order valence-corrected chi connectivity index (χ0v) is 6.55. The number of allylic oxidation sites excluding steroid dienone is 2. The Kier molecular flexibility index (Phi) is 3.01. The Labute approximate surface area is 70.4 Å². The van der Waals surface area contributed by atoms with E-state index >= 15 is 0 Å². The lowest BCUT2D eigenvalue weighted by Crippen LogP contribution is -2.38. The lowest BCUT2D eigenvalue weighted by Gasteiger charge is -2.20. The largest absolute Gasteiger partial charge is 0.393 e. The summed E-state index contributed by atoms with van der Waals surface area (Å²) in [5, 5.41) is 17.5. The van der Waals surface area contributed by atoms with Gasteiger partial charge in [-0.1, -0.05) is 12.2 Å². The lowest BCUT2D eigenvalue weighted by atomic mass is 10.3. The molecule has 4 heteroatoms. The summed E-state index contributed by atoms with van der Waals surface area (Å²) in [4.78, 5) is 12.5. The smallest absolute Gasteiger partial charge is 0.258 e. The van der Waals surface area contributed by atoms with Crippen molar-refractivity contribution in [2.24, 2.45) is 0 Å². The highest BCUT2D eigenvalue weighted by Gasteiger charge is 2.19. The number of nitrogens with zero attached hydrogens (tertiary/aromatic N) is 1. The van der Waals surface area contributed by atoms with Gasteiger partial charge in [-0.05, 0) is 6.08 Å². The van der Waals surface area contributed by atoms with Gasteiger partial charge in [0.15, 0.2) is 6.10 Å². The van der Waals surface area contributed by atoms with E-state index in [1.165, 1.54) is 4.90 Å². The van der Waals surface area contributed by atoms with E-state index in [9.17, 15) is 4.79 Å². The van der Waals surface area contributed by atoms with Crippen molar-refractivity contribution < 1.29 is 15.0 Å². The number of amides is 1. The molecule has 1 aliphatic heterocycles. The van der Waals surface area contributed by atoms with Gasteiger partial charge in [-0.15, -0.1) is 0 Å². The summed E-state index contributed by atoms with van der Waals surface area (Å²) in [5.41, 5.74) is 0. The molecule has 0 radical (unpaired) electrons. The maximum atomic E-state index is 11.2. The third kappa shape index (κ3) is 1.93. The number of hydrogen-bond donors (Lipinski definition) is 2. The predicted octanol–water partition coefficient (Wildman–Crippen LogP) is -0.748. The van der Waals surface area contributed by atoms with Crippen LogP contribution in [0.4, 0.5) is 0 Å². The molecule has 1 rings (SSSR count). The zero-order chi connectivity index (χ0) is 8.97. The van der Waals surface area contributed by atoms with Crippen molar-refractivity contribution in [1.82, 2.24) is 4.90 Å². The third-order valence-electron chi connectivity index (χ3n) is 1.56. The van der Waals surface area contributed by atoms with Gasteiger partial charge in [0.1, 0.15) is 0 Å². The Bertz CT molecular complexity index is 222. The van der Waals surface area contributed by atoms with E-state index in [1.54, 1.807) is 18.4 Å². The predicted molar refractivity (Wildman–Crippen MR) is 43.1 cm³/mol. The summed E-state index contributed by atoms with van der Waals surface area (Å²) in [7, 11) is 0. The maximum Gasteiger partial charge on any atom is 0.258 e. The van der Waals surface area contributed by atoms with E-state index in [2.05, 4.69) is 0 Å². The first-order chi connectivity index (χ1) is 5.75. The number of hydrogen-bond acceptors (Lipinski definition) is 3. The molecule has 0 aliphatic carbocycles. The summed E-state index contributed by atoms with van der Waals surface area (Å²) in [5.74, 6) is -0.474. The van der Waals surface area contributed by atoms with Crippen molar-refractivity contribution in [2.45, 2.75) is 6.10 Å².